The molecule has 2 aromatic carbocycles. The Morgan fingerprint density at radius 3 is 2.66 bits per heavy atom. The molecule has 0 spiro atoms. The third kappa shape index (κ3) is 5.89. The van der Waals surface area contributed by atoms with Crippen molar-refractivity contribution in [2.24, 2.45) is 11.7 Å². The van der Waals surface area contributed by atoms with Crippen LogP contribution in [-0.2, 0) is 11.4 Å². The Balaban J connectivity index is 1.68. The Hall–Kier alpha value is -4.52. The molecule has 1 aliphatic rings. The first-order valence-corrected chi connectivity index (χ1v) is 11.1. The number of carbonyl (C=O) groups is 1. The minimum atomic E-state index is -0.691. The molecule has 10 nitrogen and oxygen atoms in total. The zero-order valence-corrected chi connectivity index (χ0v) is 19.4. The van der Waals surface area contributed by atoms with Gasteiger partial charge in [-0.15, -0.1) is 0 Å². The number of benzene rings is 2. The molecule has 0 radical (unpaired) electrons. The molecule has 0 aliphatic carbocycles. The van der Waals surface area contributed by atoms with Crippen LogP contribution < -0.4 is 30.6 Å². The van der Waals surface area contributed by atoms with Gasteiger partial charge in [-0.25, -0.2) is 0 Å². The summed E-state index contributed by atoms with van der Waals surface area (Å²) in [7, 11) is 0. The lowest BCUT2D eigenvalue weighted by Gasteiger charge is -2.19. The molecule has 1 aliphatic heterocycles. The number of nitrogens with one attached hydrogen (secondary N) is 2. The lowest BCUT2D eigenvalue weighted by Crippen LogP contribution is -2.37. The van der Waals surface area contributed by atoms with Gasteiger partial charge in [-0.3, -0.25) is 4.79 Å². The number of nitrogens with zero attached hydrogens (tertiary/aromatic N) is 3. The average molecular weight is 475 g/mol. The second-order valence-electron chi connectivity index (χ2n) is 8.38. The molecule has 1 atom stereocenters. The molecule has 0 bridgehead atoms. The van der Waals surface area contributed by atoms with Crippen LogP contribution in [0.25, 0.3) is 0 Å². The van der Waals surface area contributed by atoms with Gasteiger partial charge in [-0.05, 0) is 30.0 Å². The van der Waals surface area contributed by atoms with E-state index < -0.39 is 11.9 Å². The molecule has 0 saturated heterocycles. The van der Waals surface area contributed by atoms with Gasteiger partial charge in [-0.2, -0.15) is 15.2 Å². The van der Waals surface area contributed by atoms with Crippen LogP contribution in [0.4, 0.5) is 17.5 Å². The van der Waals surface area contributed by atoms with Gasteiger partial charge in [-0.1, -0.05) is 44.2 Å². The highest BCUT2D eigenvalue weighted by molar-refractivity contribution is 5.82. The first-order chi connectivity index (χ1) is 16.9. The topological polar surface area (TPSA) is 144 Å². The van der Waals surface area contributed by atoms with E-state index in [9.17, 15) is 10.1 Å². The van der Waals surface area contributed by atoms with Crippen molar-refractivity contribution < 1.29 is 19.0 Å². The number of carbonyl (C=O) groups excluding carboxylic acids is 1. The van der Waals surface area contributed by atoms with Crippen molar-refractivity contribution in [1.82, 2.24) is 9.97 Å². The largest absolute Gasteiger partial charge is 0.472 e. The molecule has 35 heavy (non-hydrogen) atoms. The SMILES string of the molecule is CC(C)CC(Nc1nc(Nc2ccc3c(c2)OCO3)c(C#N)c(OCc2ccccc2)n1)C(N)=O. The predicted octanol–water partition coefficient (Wildman–Crippen LogP) is 3.71. The predicted molar refractivity (Wildman–Crippen MR) is 129 cm³/mol. The first kappa shape index (κ1) is 23.6. The summed E-state index contributed by atoms with van der Waals surface area (Å²) < 4.78 is 16.7. The molecule has 1 amide bonds. The maximum absolute atomic E-state index is 12.0. The molecule has 2 heterocycles. The molecule has 0 saturated carbocycles. The van der Waals surface area contributed by atoms with E-state index >= 15 is 0 Å². The van der Waals surface area contributed by atoms with E-state index in [0.29, 0.717) is 23.6 Å². The molecule has 4 N–H and O–H groups in total. The molecule has 180 valence electrons. The van der Waals surface area contributed by atoms with Crippen molar-refractivity contribution in [3.8, 4) is 23.4 Å². The second kappa shape index (κ2) is 10.6. The van der Waals surface area contributed by atoms with Gasteiger partial charge in [0.25, 0.3) is 0 Å². The molecular weight excluding hydrogens is 448 g/mol. The summed E-state index contributed by atoms with van der Waals surface area (Å²) in [6.07, 6.45) is 0.490. The quantitative estimate of drug-likeness (QED) is 0.400. The van der Waals surface area contributed by atoms with Crippen molar-refractivity contribution >= 4 is 23.4 Å². The van der Waals surface area contributed by atoms with Crippen LogP contribution in [-0.4, -0.2) is 28.7 Å². The second-order valence-corrected chi connectivity index (χ2v) is 8.38. The van der Waals surface area contributed by atoms with E-state index in [4.69, 9.17) is 19.9 Å². The fourth-order valence-electron chi connectivity index (χ4n) is 3.51. The Labute approximate surface area is 203 Å². The van der Waals surface area contributed by atoms with Crippen molar-refractivity contribution in [2.75, 3.05) is 17.4 Å². The Morgan fingerprint density at radius 2 is 1.94 bits per heavy atom. The molecule has 1 aromatic heterocycles. The van der Waals surface area contributed by atoms with E-state index in [2.05, 4.69) is 26.7 Å². The number of nitrogens with two attached hydrogens (primary N) is 1. The van der Waals surface area contributed by atoms with Crippen LogP contribution >= 0.6 is 0 Å². The Morgan fingerprint density at radius 1 is 1.17 bits per heavy atom. The summed E-state index contributed by atoms with van der Waals surface area (Å²) in [4.78, 5) is 20.9. The normalized spacial score (nSPS) is 12.6. The Bertz CT molecular complexity index is 1240. The van der Waals surface area contributed by atoms with Crippen molar-refractivity contribution in [1.29, 1.82) is 5.26 Å². The minimum Gasteiger partial charge on any atom is -0.472 e. The highest BCUT2D eigenvalue weighted by Crippen LogP contribution is 2.36. The summed E-state index contributed by atoms with van der Waals surface area (Å²) >= 11 is 0. The summed E-state index contributed by atoms with van der Waals surface area (Å²) in [6, 6.07) is 16.2. The lowest BCUT2D eigenvalue weighted by molar-refractivity contribution is -0.119. The lowest BCUT2D eigenvalue weighted by atomic mass is 10.0. The van der Waals surface area contributed by atoms with E-state index in [1.807, 2.05) is 44.2 Å². The van der Waals surface area contributed by atoms with E-state index in [0.717, 1.165) is 5.56 Å². The number of rotatable bonds is 10. The smallest absolute Gasteiger partial charge is 0.240 e. The number of nitriles is 1. The number of ether oxygens (including phenoxy) is 3. The van der Waals surface area contributed by atoms with Gasteiger partial charge in [0.15, 0.2) is 22.9 Å². The van der Waals surface area contributed by atoms with Crippen molar-refractivity contribution in [3.05, 3.63) is 59.7 Å². The van der Waals surface area contributed by atoms with E-state index in [1.165, 1.54) is 0 Å². The van der Waals surface area contributed by atoms with Crippen LogP contribution in [0.1, 0.15) is 31.4 Å². The number of aromatic nitrogens is 2. The summed E-state index contributed by atoms with van der Waals surface area (Å²) in [5, 5.41) is 16.0. The van der Waals surface area contributed by atoms with Gasteiger partial charge in [0.05, 0.1) is 0 Å². The van der Waals surface area contributed by atoms with Crippen molar-refractivity contribution in [2.45, 2.75) is 32.9 Å². The highest BCUT2D eigenvalue weighted by atomic mass is 16.7. The van der Waals surface area contributed by atoms with Crippen molar-refractivity contribution in [3.63, 3.8) is 0 Å². The number of primary amides is 1. The van der Waals surface area contributed by atoms with Gasteiger partial charge in [0.1, 0.15) is 18.7 Å². The Kier molecular flexibility index (Phi) is 7.16. The number of hydrogen-bond donors (Lipinski definition) is 3. The molecule has 0 fully saturated rings. The summed E-state index contributed by atoms with van der Waals surface area (Å²) in [5.41, 5.74) is 7.24. The van der Waals surface area contributed by atoms with E-state index in [1.54, 1.807) is 18.2 Å². The van der Waals surface area contributed by atoms with Crippen LogP contribution in [0, 0.1) is 17.2 Å². The van der Waals surface area contributed by atoms with Crippen LogP contribution in [0.2, 0.25) is 0 Å². The maximum Gasteiger partial charge on any atom is 0.240 e. The molecule has 4 rings (SSSR count). The molecule has 10 heteroatoms. The first-order valence-electron chi connectivity index (χ1n) is 11.1. The summed E-state index contributed by atoms with van der Waals surface area (Å²) in [6.45, 7) is 4.31. The van der Waals surface area contributed by atoms with Crippen LogP contribution in [0.5, 0.6) is 17.4 Å². The van der Waals surface area contributed by atoms with Crippen LogP contribution in [0.3, 0.4) is 0 Å². The highest BCUT2D eigenvalue weighted by Gasteiger charge is 2.22. The van der Waals surface area contributed by atoms with E-state index in [-0.39, 0.29) is 42.5 Å². The monoisotopic (exact) mass is 474 g/mol. The summed E-state index contributed by atoms with van der Waals surface area (Å²) in [5.74, 6) is 1.28. The standard InChI is InChI=1S/C25H26N6O4/c1-15(2)10-19(22(27)32)29-25-30-23(28-17-8-9-20-21(11-17)35-14-34-20)18(12-26)24(31-25)33-13-16-6-4-3-5-7-16/h3-9,11,15,19H,10,13-14H2,1-2H3,(H2,27,32)(H2,28,29,30,31). The third-order valence-corrected chi connectivity index (χ3v) is 5.20. The molecule has 3 aromatic rings. The maximum atomic E-state index is 12.0. The average Bonchev–Trinajstić information content (AvgIpc) is 3.30. The number of hydrogen-bond acceptors (Lipinski definition) is 9. The number of fused-ring (bicyclic) bond motifs is 1. The number of anilines is 3. The molecular formula is C25H26N6O4. The number of amides is 1. The zero-order chi connectivity index (χ0) is 24.8. The van der Waals surface area contributed by atoms with Gasteiger partial charge in [0, 0.05) is 11.8 Å². The zero-order valence-electron chi connectivity index (χ0n) is 19.4. The minimum absolute atomic E-state index is 0.0739. The van der Waals surface area contributed by atoms with Gasteiger partial charge in [0.2, 0.25) is 24.5 Å². The molecule has 1 unspecified atom stereocenters. The fraction of sp³-hybridized carbons (Fsp3) is 0.280. The fourth-order valence-corrected chi connectivity index (χ4v) is 3.51. The van der Waals surface area contributed by atoms with Gasteiger partial charge >= 0.3 is 0 Å². The van der Waals surface area contributed by atoms with Crippen LogP contribution in [0.15, 0.2) is 48.5 Å². The van der Waals surface area contributed by atoms with Gasteiger partial charge < -0.3 is 30.6 Å². The third-order valence-electron chi connectivity index (χ3n) is 5.20.